The molecule has 1 aromatic carbocycles. The molecule has 1 aliphatic heterocycles. The molecule has 3 rings (SSSR count). The van der Waals surface area contributed by atoms with Gasteiger partial charge in [0, 0.05) is 31.8 Å². The Bertz CT molecular complexity index is 768. The minimum atomic E-state index is -0.894. The lowest BCUT2D eigenvalue weighted by atomic mass is 10.1. The molecule has 6 heteroatoms. The van der Waals surface area contributed by atoms with E-state index in [0.29, 0.717) is 25.4 Å². The van der Waals surface area contributed by atoms with Gasteiger partial charge in [-0.2, -0.15) is 0 Å². The van der Waals surface area contributed by atoms with Gasteiger partial charge in [0.25, 0.3) is 5.56 Å². The SMILES string of the molecule is COc1ccc2ccc(=O)n(C[C@@H]3CCN(C(=O)O)C3)c2c1. The number of amides is 1. The van der Waals surface area contributed by atoms with E-state index in [4.69, 9.17) is 9.84 Å². The summed E-state index contributed by atoms with van der Waals surface area (Å²) in [6, 6.07) is 8.98. The zero-order chi connectivity index (χ0) is 15.7. The number of fused-ring (bicyclic) bond motifs is 1. The lowest BCUT2D eigenvalue weighted by Crippen LogP contribution is -2.29. The standard InChI is InChI=1S/C16H18N2O4/c1-22-13-4-2-12-3-5-15(19)18(14(12)8-13)10-11-6-7-17(9-11)16(20)21/h2-5,8,11H,6-7,9-10H2,1H3,(H,20,21)/t11-/m1/s1. The lowest BCUT2D eigenvalue weighted by molar-refractivity contribution is 0.153. The van der Waals surface area contributed by atoms with E-state index in [1.165, 1.54) is 4.90 Å². The highest BCUT2D eigenvalue weighted by Gasteiger charge is 2.26. The Morgan fingerprint density at radius 3 is 2.82 bits per heavy atom. The Labute approximate surface area is 127 Å². The molecule has 1 aliphatic rings. The molecule has 1 N–H and O–H groups in total. The number of hydrogen-bond acceptors (Lipinski definition) is 3. The van der Waals surface area contributed by atoms with Crippen molar-refractivity contribution in [3.63, 3.8) is 0 Å². The van der Waals surface area contributed by atoms with Crippen molar-refractivity contribution in [1.29, 1.82) is 0 Å². The minimum absolute atomic E-state index is 0.0745. The van der Waals surface area contributed by atoms with Crippen LogP contribution in [0.3, 0.4) is 0 Å². The van der Waals surface area contributed by atoms with Crippen molar-refractivity contribution in [3.05, 3.63) is 40.7 Å². The molecular weight excluding hydrogens is 284 g/mol. The first-order chi connectivity index (χ1) is 10.6. The molecule has 1 fully saturated rings. The summed E-state index contributed by atoms with van der Waals surface area (Å²) in [5, 5.41) is 10.00. The Balaban J connectivity index is 1.94. The van der Waals surface area contributed by atoms with Crippen molar-refractivity contribution >= 4 is 17.0 Å². The van der Waals surface area contributed by atoms with Crippen LogP contribution in [0.2, 0.25) is 0 Å². The maximum Gasteiger partial charge on any atom is 0.407 e. The molecule has 1 amide bonds. The topological polar surface area (TPSA) is 71.8 Å². The highest BCUT2D eigenvalue weighted by Crippen LogP contribution is 2.23. The van der Waals surface area contributed by atoms with Crippen LogP contribution in [-0.4, -0.2) is 40.9 Å². The summed E-state index contributed by atoms with van der Waals surface area (Å²) in [4.78, 5) is 24.6. The zero-order valence-electron chi connectivity index (χ0n) is 12.4. The van der Waals surface area contributed by atoms with Crippen LogP contribution in [0.1, 0.15) is 6.42 Å². The average molecular weight is 302 g/mol. The van der Waals surface area contributed by atoms with E-state index in [2.05, 4.69) is 0 Å². The number of carbonyl (C=O) groups is 1. The molecule has 2 aromatic rings. The molecule has 2 heterocycles. The van der Waals surface area contributed by atoms with Gasteiger partial charge in [0.1, 0.15) is 5.75 Å². The maximum absolute atomic E-state index is 12.2. The van der Waals surface area contributed by atoms with Crippen LogP contribution in [0, 0.1) is 5.92 Å². The number of benzene rings is 1. The second kappa shape index (κ2) is 5.71. The summed E-state index contributed by atoms with van der Waals surface area (Å²) in [5.74, 6) is 0.857. The summed E-state index contributed by atoms with van der Waals surface area (Å²) < 4.78 is 6.95. The van der Waals surface area contributed by atoms with Crippen LogP contribution >= 0.6 is 0 Å². The molecule has 0 bridgehead atoms. The summed E-state index contributed by atoms with van der Waals surface area (Å²) >= 11 is 0. The third-order valence-corrected chi connectivity index (χ3v) is 4.20. The summed E-state index contributed by atoms with van der Waals surface area (Å²) in [7, 11) is 1.59. The van der Waals surface area contributed by atoms with Gasteiger partial charge in [-0.3, -0.25) is 4.79 Å². The number of methoxy groups -OCH3 is 1. The predicted octanol–water partition coefficient (Wildman–Crippen LogP) is 2.01. The van der Waals surface area contributed by atoms with E-state index in [0.717, 1.165) is 17.3 Å². The number of carboxylic acid groups (broad SMARTS) is 1. The van der Waals surface area contributed by atoms with Gasteiger partial charge < -0.3 is 19.3 Å². The highest BCUT2D eigenvalue weighted by molar-refractivity contribution is 5.80. The first kappa shape index (κ1) is 14.4. The number of hydrogen-bond donors (Lipinski definition) is 1. The molecule has 0 saturated carbocycles. The van der Waals surface area contributed by atoms with Crippen LogP contribution < -0.4 is 10.3 Å². The van der Waals surface area contributed by atoms with Gasteiger partial charge in [0.15, 0.2) is 0 Å². The Morgan fingerprint density at radius 1 is 1.36 bits per heavy atom. The second-order valence-corrected chi connectivity index (χ2v) is 5.59. The fourth-order valence-electron chi connectivity index (χ4n) is 3.00. The molecule has 0 spiro atoms. The molecule has 1 aromatic heterocycles. The predicted molar refractivity (Wildman–Crippen MR) is 82.5 cm³/mol. The van der Waals surface area contributed by atoms with Crippen LogP contribution in [0.5, 0.6) is 5.75 Å². The Morgan fingerprint density at radius 2 is 2.14 bits per heavy atom. The molecule has 0 unspecified atom stereocenters. The number of pyridine rings is 1. The normalized spacial score (nSPS) is 17.9. The Kier molecular flexibility index (Phi) is 3.75. The van der Waals surface area contributed by atoms with Crippen molar-refractivity contribution in [3.8, 4) is 5.75 Å². The lowest BCUT2D eigenvalue weighted by Gasteiger charge is -2.16. The fraction of sp³-hybridized carbons (Fsp3) is 0.375. The number of likely N-dealkylation sites (tertiary alicyclic amines) is 1. The van der Waals surface area contributed by atoms with Crippen LogP contribution in [0.15, 0.2) is 35.1 Å². The van der Waals surface area contributed by atoms with Gasteiger partial charge in [-0.15, -0.1) is 0 Å². The van der Waals surface area contributed by atoms with Gasteiger partial charge >= 0.3 is 6.09 Å². The molecule has 6 nitrogen and oxygen atoms in total. The van der Waals surface area contributed by atoms with Crippen LogP contribution in [0.4, 0.5) is 4.79 Å². The minimum Gasteiger partial charge on any atom is -0.497 e. The molecule has 0 radical (unpaired) electrons. The van der Waals surface area contributed by atoms with E-state index in [9.17, 15) is 9.59 Å². The molecule has 1 saturated heterocycles. The van der Waals surface area contributed by atoms with E-state index in [1.54, 1.807) is 23.8 Å². The van der Waals surface area contributed by atoms with Gasteiger partial charge in [0.05, 0.1) is 12.6 Å². The third kappa shape index (κ3) is 2.64. The molecule has 0 aliphatic carbocycles. The number of nitrogens with zero attached hydrogens (tertiary/aromatic N) is 2. The quantitative estimate of drug-likeness (QED) is 0.941. The van der Waals surface area contributed by atoms with Gasteiger partial charge in [0.2, 0.25) is 0 Å². The number of aromatic nitrogens is 1. The molecule has 1 atom stereocenters. The third-order valence-electron chi connectivity index (χ3n) is 4.20. The zero-order valence-corrected chi connectivity index (χ0v) is 12.4. The molecule has 22 heavy (non-hydrogen) atoms. The van der Waals surface area contributed by atoms with E-state index < -0.39 is 6.09 Å². The maximum atomic E-state index is 12.2. The summed E-state index contributed by atoms with van der Waals surface area (Å²) in [5.41, 5.74) is 0.746. The van der Waals surface area contributed by atoms with E-state index >= 15 is 0 Å². The fourth-order valence-corrected chi connectivity index (χ4v) is 3.00. The second-order valence-electron chi connectivity index (χ2n) is 5.59. The number of ether oxygens (including phenoxy) is 1. The summed E-state index contributed by atoms with van der Waals surface area (Å²) in [6.45, 7) is 1.53. The first-order valence-corrected chi connectivity index (χ1v) is 7.24. The molecular formula is C16H18N2O4. The van der Waals surface area contributed by atoms with E-state index in [1.807, 2.05) is 18.2 Å². The highest BCUT2D eigenvalue weighted by atomic mass is 16.5. The van der Waals surface area contributed by atoms with E-state index in [-0.39, 0.29) is 11.5 Å². The van der Waals surface area contributed by atoms with Crippen molar-refractivity contribution in [2.75, 3.05) is 20.2 Å². The monoisotopic (exact) mass is 302 g/mol. The van der Waals surface area contributed by atoms with Crippen LogP contribution in [0.25, 0.3) is 10.9 Å². The van der Waals surface area contributed by atoms with Gasteiger partial charge in [-0.1, -0.05) is 0 Å². The smallest absolute Gasteiger partial charge is 0.407 e. The van der Waals surface area contributed by atoms with Gasteiger partial charge in [-0.05, 0) is 35.9 Å². The van der Waals surface area contributed by atoms with Crippen molar-refractivity contribution < 1.29 is 14.6 Å². The first-order valence-electron chi connectivity index (χ1n) is 7.24. The average Bonchev–Trinajstić information content (AvgIpc) is 2.98. The Hall–Kier alpha value is -2.50. The van der Waals surface area contributed by atoms with Crippen molar-refractivity contribution in [2.45, 2.75) is 13.0 Å². The summed E-state index contributed by atoms with van der Waals surface area (Å²) in [6.07, 6.45) is -0.117. The molecule has 116 valence electrons. The van der Waals surface area contributed by atoms with Crippen molar-refractivity contribution in [2.24, 2.45) is 5.92 Å². The van der Waals surface area contributed by atoms with Crippen LogP contribution in [-0.2, 0) is 6.54 Å². The number of rotatable bonds is 3. The largest absolute Gasteiger partial charge is 0.497 e. The van der Waals surface area contributed by atoms with Gasteiger partial charge in [-0.25, -0.2) is 4.79 Å². The van der Waals surface area contributed by atoms with Crippen molar-refractivity contribution in [1.82, 2.24) is 9.47 Å².